The number of morpholine rings is 1. The Kier molecular flexibility index (Phi) is 8.77. The SMILES string of the molecule is CCC(c1ccccc1)N(Cc1ccc(C(=O)NN2CCOCC2)cc1)S(=O)(=O)c1ccc(Cl)cc1. The number of hydrazine groups is 1. The molecule has 0 aromatic heterocycles. The molecule has 190 valence electrons. The summed E-state index contributed by atoms with van der Waals surface area (Å²) < 4.78 is 34.5. The fourth-order valence-electron chi connectivity index (χ4n) is 4.21. The van der Waals surface area contributed by atoms with E-state index in [1.807, 2.05) is 42.3 Å². The van der Waals surface area contributed by atoms with Crippen molar-refractivity contribution in [2.75, 3.05) is 26.3 Å². The number of rotatable bonds is 9. The van der Waals surface area contributed by atoms with Crippen LogP contribution in [0.5, 0.6) is 0 Å². The van der Waals surface area contributed by atoms with E-state index in [1.165, 1.54) is 16.4 Å². The molecular formula is C27H30ClN3O4S. The summed E-state index contributed by atoms with van der Waals surface area (Å²) in [6, 6.07) is 22.5. The first-order chi connectivity index (χ1) is 17.4. The maximum absolute atomic E-state index is 13.8. The number of carbonyl (C=O) groups excluding carboxylic acids is 1. The lowest BCUT2D eigenvalue weighted by Gasteiger charge is -2.31. The highest BCUT2D eigenvalue weighted by Gasteiger charge is 2.32. The van der Waals surface area contributed by atoms with Crippen molar-refractivity contribution < 1.29 is 17.9 Å². The molecule has 4 rings (SSSR count). The van der Waals surface area contributed by atoms with Crippen molar-refractivity contribution in [1.82, 2.24) is 14.7 Å². The molecule has 1 saturated heterocycles. The van der Waals surface area contributed by atoms with Crippen molar-refractivity contribution >= 4 is 27.5 Å². The van der Waals surface area contributed by atoms with Gasteiger partial charge < -0.3 is 4.74 Å². The predicted molar refractivity (Wildman–Crippen MR) is 140 cm³/mol. The van der Waals surface area contributed by atoms with E-state index in [0.717, 1.165) is 11.1 Å². The number of benzene rings is 3. The molecule has 1 atom stereocenters. The lowest BCUT2D eigenvalue weighted by Crippen LogP contribution is -2.48. The van der Waals surface area contributed by atoms with Gasteiger partial charge in [-0.3, -0.25) is 10.2 Å². The Balaban J connectivity index is 1.60. The standard InChI is InChI=1S/C27H30ClN3O4S/c1-2-26(22-6-4-3-5-7-22)31(36(33,34)25-14-12-24(28)13-15-25)20-21-8-10-23(11-9-21)27(32)29-30-16-18-35-19-17-30/h3-15,26H,2,16-20H2,1H3,(H,29,32). The van der Waals surface area contributed by atoms with E-state index >= 15 is 0 Å². The number of carbonyl (C=O) groups is 1. The Morgan fingerprint density at radius 2 is 1.64 bits per heavy atom. The Bertz CT molecular complexity index is 1250. The normalized spacial score (nSPS) is 15.5. The van der Waals surface area contributed by atoms with E-state index in [9.17, 15) is 13.2 Å². The van der Waals surface area contributed by atoms with Crippen LogP contribution in [0, 0.1) is 0 Å². The largest absolute Gasteiger partial charge is 0.379 e. The number of sulfonamides is 1. The Labute approximate surface area is 217 Å². The summed E-state index contributed by atoms with van der Waals surface area (Å²) in [5.74, 6) is -0.204. The quantitative estimate of drug-likeness (QED) is 0.438. The fraction of sp³-hybridized carbons (Fsp3) is 0.296. The Morgan fingerprint density at radius 3 is 2.25 bits per heavy atom. The average molecular weight is 528 g/mol. The predicted octanol–water partition coefficient (Wildman–Crippen LogP) is 4.66. The van der Waals surface area contributed by atoms with E-state index in [4.69, 9.17) is 16.3 Å². The minimum Gasteiger partial charge on any atom is -0.379 e. The number of nitrogens with zero attached hydrogens (tertiary/aromatic N) is 2. The first-order valence-corrected chi connectivity index (χ1v) is 13.8. The molecule has 1 amide bonds. The number of hydrogen-bond acceptors (Lipinski definition) is 5. The van der Waals surface area contributed by atoms with Crippen LogP contribution in [0.2, 0.25) is 5.02 Å². The van der Waals surface area contributed by atoms with Crippen molar-refractivity contribution in [3.8, 4) is 0 Å². The van der Waals surface area contributed by atoms with Crippen molar-refractivity contribution in [1.29, 1.82) is 0 Å². The molecule has 1 unspecified atom stereocenters. The Hall–Kier alpha value is -2.75. The summed E-state index contributed by atoms with van der Waals surface area (Å²) in [4.78, 5) is 12.8. The third kappa shape index (κ3) is 6.32. The molecule has 9 heteroatoms. The van der Waals surface area contributed by atoms with Crippen LogP contribution in [-0.4, -0.2) is 49.9 Å². The molecule has 3 aromatic rings. The van der Waals surface area contributed by atoms with Gasteiger partial charge in [0.15, 0.2) is 0 Å². The van der Waals surface area contributed by atoms with E-state index < -0.39 is 10.0 Å². The Morgan fingerprint density at radius 1 is 1.00 bits per heavy atom. The van der Waals surface area contributed by atoms with Gasteiger partial charge in [-0.15, -0.1) is 0 Å². The van der Waals surface area contributed by atoms with Gasteiger partial charge in [0.2, 0.25) is 10.0 Å². The molecule has 1 fully saturated rings. The molecular weight excluding hydrogens is 498 g/mol. The number of hydrogen-bond donors (Lipinski definition) is 1. The summed E-state index contributed by atoms with van der Waals surface area (Å²) in [5, 5.41) is 2.31. The van der Waals surface area contributed by atoms with Gasteiger partial charge in [-0.2, -0.15) is 4.31 Å². The van der Waals surface area contributed by atoms with Crippen molar-refractivity contribution in [3.05, 3.63) is 101 Å². The van der Waals surface area contributed by atoms with Crippen LogP contribution in [0.25, 0.3) is 0 Å². The maximum atomic E-state index is 13.8. The van der Waals surface area contributed by atoms with Crippen molar-refractivity contribution in [2.24, 2.45) is 0 Å². The number of amides is 1. The zero-order chi connectivity index (χ0) is 25.5. The summed E-state index contributed by atoms with van der Waals surface area (Å²) in [7, 11) is -3.84. The number of halogens is 1. The zero-order valence-corrected chi connectivity index (χ0v) is 21.7. The second kappa shape index (κ2) is 12.0. The molecule has 7 nitrogen and oxygen atoms in total. The average Bonchev–Trinajstić information content (AvgIpc) is 2.90. The monoisotopic (exact) mass is 527 g/mol. The van der Waals surface area contributed by atoms with Crippen LogP contribution in [0.4, 0.5) is 0 Å². The second-order valence-corrected chi connectivity index (χ2v) is 10.9. The van der Waals surface area contributed by atoms with Gasteiger partial charge in [-0.1, -0.05) is 61.0 Å². The van der Waals surface area contributed by atoms with Crippen LogP contribution in [-0.2, 0) is 21.3 Å². The molecule has 3 aromatic carbocycles. The van der Waals surface area contributed by atoms with Crippen LogP contribution in [0.3, 0.4) is 0 Å². The summed E-state index contributed by atoms with van der Waals surface area (Å²) in [6.45, 7) is 4.57. The lowest BCUT2D eigenvalue weighted by atomic mass is 10.0. The molecule has 0 spiro atoms. The highest BCUT2D eigenvalue weighted by atomic mass is 35.5. The molecule has 1 aliphatic rings. The third-order valence-electron chi connectivity index (χ3n) is 6.16. The molecule has 0 saturated carbocycles. The molecule has 1 aliphatic heterocycles. The fourth-order valence-corrected chi connectivity index (χ4v) is 6.01. The molecule has 1 heterocycles. The number of ether oxygens (including phenoxy) is 1. The highest BCUT2D eigenvalue weighted by Crippen LogP contribution is 2.32. The van der Waals surface area contributed by atoms with Crippen LogP contribution < -0.4 is 5.43 Å². The second-order valence-electron chi connectivity index (χ2n) is 8.58. The van der Waals surface area contributed by atoms with Crippen molar-refractivity contribution in [2.45, 2.75) is 30.8 Å². The smallest absolute Gasteiger partial charge is 0.265 e. The van der Waals surface area contributed by atoms with E-state index in [2.05, 4.69) is 5.43 Å². The van der Waals surface area contributed by atoms with Crippen molar-refractivity contribution in [3.63, 3.8) is 0 Å². The number of nitrogens with one attached hydrogen (secondary N) is 1. The van der Waals surface area contributed by atoms with Gasteiger partial charge in [0.1, 0.15) is 0 Å². The van der Waals surface area contributed by atoms with E-state index in [1.54, 1.807) is 36.4 Å². The molecule has 1 N–H and O–H groups in total. The van der Waals surface area contributed by atoms with Gasteiger partial charge in [0, 0.05) is 30.2 Å². The summed E-state index contributed by atoms with van der Waals surface area (Å²) >= 11 is 6.01. The van der Waals surface area contributed by atoms with E-state index in [0.29, 0.717) is 43.3 Å². The molecule has 0 aliphatic carbocycles. The first kappa shape index (κ1) is 26.3. The summed E-state index contributed by atoms with van der Waals surface area (Å²) in [5.41, 5.74) is 5.10. The van der Waals surface area contributed by atoms with Gasteiger partial charge in [0.05, 0.1) is 24.2 Å². The van der Waals surface area contributed by atoms with Crippen LogP contribution in [0.15, 0.2) is 83.8 Å². The molecule has 0 radical (unpaired) electrons. The van der Waals surface area contributed by atoms with Gasteiger partial charge in [0.25, 0.3) is 5.91 Å². The third-order valence-corrected chi connectivity index (χ3v) is 8.29. The molecule has 0 bridgehead atoms. The zero-order valence-electron chi connectivity index (χ0n) is 20.1. The van der Waals surface area contributed by atoms with Crippen LogP contribution in [0.1, 0.15) is 40.9 Å². The molecule has 36 heavy (non-hydrogen) atoms. The van der Waals surface area contributed by atoms with Crippen LogP contribution >= 0.6 is 11.6 Å². The first-order valence-electron chi connectivity index (χ1n) is 11.9. The summed E-state index contributed by atoms with van der Waals surface area (Å²) in [6.07, 6.45) is 0.594. The maximum Gasteiger partial charge on any atom is 0.265 e. The topological polar surface area (TPSA) is 79.0 Å². The lowest BCUT2D eigenvalue weighted by molar-refractivity contribution is 0.0126. The minimum absolute atomic E-state index is 0.156. The minimum atomic E-state index is -3.84. The van der Waals surface area contributed by atoms with Gasteiger partial charge in [-0.25, -0.2) is 13.4 Å². The van der Waals surface area contributed by atoms with Gasteiger partial charge in [-0.05, 0) is 53.9 Å². The van der Waals surface area contributed by atoms with E-state index in [-0.39, 0.29) is 23.4 Å². The highest BCUT2D eigenvalue weighted by molar-refractivity contribution is 7.89. The van der Waals surface area contributed by atoms with Gasteiger partial charge >= 0.3 is 0 Å².